The van der Waals surface area contributed by atoms with Gasteiger partial charge >= 0.3 is 0 Å². The Morgan fingerprint density at radius 3 is 2.89 bits per heavy atom. The van der Waals surface area contributed by atoms with E-state index in [9.17, 15) is 4.79 Å². The van der Waals surface area contributed by atoms with Crippen molar-refractivity contribution in [2.75, 3.05) is 13.2 Å². The molecule has 1 unspecified atom stereocenters. The minimum Gasteiger partial charge on any atom is -0.368 e. The maximum atomic E-state index is 11.2. The summed E-state index contributed by atoms with van der Waals surface area (Å²) >= 11 is 0. The van der Waals surface area contributed by atoms with E-state index in [1.165, 1.54) is 5.56 Å². The molecule has 1 aliphatic heterocycles. The van der Waals surface area contributed by atoms with E-state index in [0.717, 1.165) is 32.2 Å². The molecule has 1 heterocycles. The number of carbonyl (C=O) groups is 1. The molecule has 98 valence electrons. The third-order valence-electron chi connectivity index (χ3n) is 3.24. The number of rotatable bonds is 6. The summed E-state index contributed by atoms with van der Waals surface area (Å²) in [4.78, 5) is 16.8. The summed E-state index contributed by atoms with van der Waals surface area (Å²) in [6, 6.07) is 10.1. The highest BCUT2D eigenvalue weighted by molar-refractivity contribution is 5.79. The molecule has 0 radical (unpaired) electrons. The maximum absolute atomic E-state index is 11.2. The Morgan fingerprint density at radius 2 is 2.17 bits per heavy atom. The van der Waals surface area contributed by atoms with Gasteiger partial charge in [-0.15, -0.1) is 0 Å². The first-order valence-electron chi connectivity index (χ1n) is 6.50. The first-order valence-corrected chi connectivity index (χ1v) is 6.50. The van der Waals surface area contributed by atoms with Crippen LogP contribution in [0.25, 0.3) is 0 Å². The molecule has 0 bridgehead atoms. The number of hydroxylamine groups is 2. The van der Waals surface area contributed by atoms with Crippen LogP contribution in [0, 0.1) is 0 Å². The van der Waals surface area contributed by atoms with Crippen molar-refractivity contribution in [2.24, 2.45) is 5.73 Å². The fourth-order valence-corrected chi connectivity index (χ4v) is 2.28. The lowest BCUT2D eigenvalue weighted by molar-refractivity contribution is -0.175. The largest absolute Gasteiger partial charge is 0.368 e. The standard InChI is InChI=1S/C14H20N2O2/c15-14(17)13-9-4-10-16(13)18-11-5-8-12-6-2-1-3-7-12/h1-3,6-7,13H,4-5,8-11H2,(H2,15,17). The van der Waals surface area contributed by atoms with Crippen molar-refractivity contribution in [3.8, 4) is 0 Å². The molecule has 0 aromatic heterocycles. The summed E-state index contributed by atoms with van der Waals surface area (Å²) in [5.41, 5.74) is 6.64. The molecule has 1 saturated heterocycles. The van der Waals surface area contributed by atoms with Gasteiger partial charge in [0.05, 0.1) is 6.61 Å². The fourth-order valence-electron chi connectivity index (χ4n) is 2.28. The first-order chi connectivity index (χ1) is 8.77. The zero-order chi connectivity index (χ0) is 12.8. The van der Waals surface area contributed by atoms with Gasteiger partial charge in [-0.05, 0) is 31.2 Å². The highest BCUT2D eigenvalue weighted by atomic mass is 16.7. The molecule has 0 aliphatic carbocycles. The monoisotopic (exact) mass is 248 g/mol. The predicted molar refractivity (Wildman–Crippen MR) is 69.6 cm³/mol. The number of amides is 1. The molecular weight excluding hydrogens is 228 g/mol. The zero-order valence-corrected chi connectivity index (χ0v) is 10.5. The lowest BCUT2D eigenvalue weighted by Crippen LogP contribution is -2.40. The van der Waals surface area contributed by atoms with Gasteiger partial charge in [-0.3, -0.25) is 9.63 Å². The Morgan fingerprint density at radius 1 is 1.39 bits per heavy atom. The Balaban J connectivity index is 1.68. The van der Waals surface area contributed by atoms with E-state index in [1.807, 2.05) is 18.2 Å². The van der Waals surface area contributed by atoms with Crippen LogP contribution in [0.4, 0.5) is 0 Å². The van der Waals surface area contributed by atoms with Crippen LogP contribution >= 0.6 is 0 Å². The molecule has 18 heavy (non-hydrogen) atoms. The van der Waals surface area contributed by atoms with Crippen LogP contribution in [0.15, 0.2) is 30.3 Å². The van der Waals surface area contributed by atoms with Gasteiger partial charge in [-0.2, -0.15) is 5.06 Å². The van der Waals surface area contributed by atoms with Crippen LogP contribution in [-0.2, 0) is 16.1 Å². The third-order valence-corrected chi connectivity index (χ3v) is 3.24. The minimum atomic E-state index is -0.282. The molecule has 1 amide bonds. The normalized spacial score (nSPS) is 20.1. The molecule has 1 atom stereocenters. The maximum Gasteiger partial charge on any atom is 0.237 e. The smallest absolute Gasteiger partial charge is 0.237 e. The summed E-state index contributed by atoms with van der Waals surface area (Å²) in [5.74, 6) is -0.282. The van der Waals surface area contributed by atoms with Gasteiger partial charge in [0, 0.05) is 6.54 Å². The van der Waals surface area contributed by atoms with Gasteiger partial charge in [-0.25, -0.2) is 0 Å². The summed E-state index contributed by atoms with van der Waals surface area (Å²) in [7, 11) is 0. The number of carbonyl (C=O) groups excluding carboxylic acids is 1. The quantitative estimate of drug-likeness (QED) is 0.776. The highest BCUT2D eigenvalue weighted by Gasteiger charge is 2.29. The molecule has 1 aliphatic rings. The summed E-state index contributed by atoms with van der Waals surface area (Å²) in [5, 5.41) is 1.74. The van der Waals surface area contributed by atoms with Crippen molar-refractivity contribution in [2.45, 2.75) is 31.7 Å². The Hall–Kier alpha value is -1.39. The van der Waals surface area contributed by atoms with E-state index >= 15 is 0 Å². The average molecular weight is 248 g/mol. The topological polar surface area (TPSA) is 55.6 Å². The molecule has 4 nitrogen and oxygen atoms in total. The molecule has 1 aromatic carbocycles. The second-order valence-corrected chi connectivity index (χ2v) is 4.62. The fraction of sp³-hybridized carbons (Fsp3) is 0.500. The van der Waals surface area contributed by atoms with Gasteiger partial charge < -0.3 is 5.73 Å². The highest BCUT2D eigenvalue weighted by Crippen LogP contribution is 2.17. The van der Waals surface area contributed by atoms with E-state index in [4.69, 9.17) is 10.6 Å². The van der Waals surface area contributed by atoms with E-state index in [1.54, 1.807) is 5.06 Å². The number of nitrogens with zero attached hydrogens (tertiary/aromatic N) is 1. The molecular formula is C14H20N2O2. The van der Waals surface area contributed by atoms with Gasteiger partial charge in [0.2, 0.25) is 5.91 Å². The molecule has 2 rings (SSSR count). The molecule has 1 aromatic rings. The Bertz CT molecular complexity index is 381. The van der Waals surface area contributed by atoms with E-state index in [-0.39, 0.29) is 11.9 Å². The number of hydrogen-bond donors (Lipinski definition) is 1. The number of hydrogen-bond acceptors (Lipinski definition) is 3. The van der Waals surface area contributed by atoms with Gasteiger partial charge in [0.1, 0.15) is 6.04 Å². The van der Waals surface area contributed by atoms with Gasteiger partial charge in [0.25, 0.3) is 0 Å². The number of benzene rings is 1. The molecule has 4 heteroatoms. The van der Waals surface area contributed by atoms with Crippen molar-refractivity contribution in [1.29, 1.82) is 0 Å². The molecule has 0 spiro atoms. The van der Waals surface area contributed by atoms with Crippen LogP contribution in [0.3, 0.4) is 0 Å². The van der Waals surface area contributed by atoms with Crippen LogP contribution < -0.4 is 5.73 Å². The Labute approximate surface area is 108 Å². The lowest BCUT2D eigenvalue weighted by atomic mass is 10.1. The predicted octanol–water partition coefficient (Wildman–Crippen LogP) is 1.50. The van der Waals surface area contributed by atoms with Gasteiger partial charge in [0.15, 0.2) is 0 Å². The summed E-state index contributed by atoms with van der Waals surface area (Å²) < 4.78 is 0. The average Bonchev–Trinajstić information content (AvgIpc) is 2.84. The summed E-state index contributed by atoms with van der Waals surface area (Å²) in [6.07, 6.45) is 3.74. The van der Waals surface area contributed by atoms with E-state index < -0.39 is 0 Å². The summed E-state index contributed by atoms with van der Waals surface area (Å²) in [6.45, 7) is 1.44. The van der Waals surface area contributed by atoms with Crippen LogP contribution in [0.2, 0.25) is 0 Å². The molecule has 1 fully saturated rings. The molecule has 2 N–H and O–H groups in total. The van der Waals surface area contributed by atoms with Crippen molar-refractivity contribution in [3.05, 3.63) is 35.9 Å². The molecule has 0 saturated carbocycles. The second kappa shape index (κ2) is 6.52. The van der Waals surface area contributed by atoms with Crippen LogP contribution in [-0.4, -0.2) is 30.2 Å². The van der Waals surface area contributed by atoms with Crippen molar-refractivity contribution in [3.63, 3.8) is 0 Å². The first kappa shape index (κ1) is 13.1. The minimum absolute atomic E-state index is 0.235. The number of primary amides is 1. The second-order valence-electron chi connectivity index (χ2n) is 4.62. The van der Waals surface area contributed by atoms with Crippen molar-refractivity contribution < 1.29 is 9.63 Å². The zero-order valence-electron chi connectivity index (χ0n) is 10.5. The van der Waals surface area contributed by atoms with E-state index in [0.29, 0.717) is 6.61 Å². The number of aryl methyl sites for hydroxylation is 1. The van der Waals surface area contributed by atoms with Crippen LogP contribution in [0.5, 0.6) is 0 Å². The van der Waals surface area contributed by atoms with Crippen molar-refractivity contribution >= 4 is 5.91 Å². The van der Waals surface area contributed by atoms with Crippen molar-refractivity contribution in [1.82, 2.24) is 5.06 Å². The van der Waals surface area contributed by atoms with Gasteiger partial charge in [-0.1, -0.05) is 30.3 Å². The van der Waals surface area contributed by atoms with Crippen LogP contribution in [0.1, 0.15) is 24.8 Å². The van der Waals surface area contributed by atoms with E-state index in [2.05, 4.69) is 12.1 Å². The Kier molecular flexibility index (Phi) is 4.73. The lowest BCUT2D eigenvalue weighted by Gasteiger charge is -2.21. The third kappa shape index (κ3) is 3.55. The number of nitrogens with two attached hydrogens (primary N) is 1. The SMILES string of the molecule is NC(=O)C1CCCN1OCCCc1ccccc1.